The first-order chi connectivity index (χ1) is 19.8. The number of piperidine rings is 1. The minimum absolute atomic E-state index is 0.0440. The van der Waals surface area contributed by atoms with Crippen LogP contribution in [0.1, 0.15) is 44.2 Å². The molecule has 4 heterocycles. The van der Waals surface area contributed by atoms with Gasteiger partial charge in [0.2, 0.25) is 11.7 Å². The van der Waals surface area contributed by atoms with Crippen LogP contribution < -0.4 is 5.32 Å². The molecule has 3 aromatic heterocycles. The van der Waals surface area contributed by atoms with Crippen LogP contribution >= 0.6 is 0 Å². The zero-order chi connectivity index (χ0) is 30.7. The lowest BCUT2D eigenvalue weighted by Gasteiger charge is -2.35. The minimum atomic E-state index is -1.20. The average molecular weight is 601 g/mol. The van der Waals surface area contributed by atoms with E-state index in [-0.39, 0.29) is 23.8 Å². The standard InChI is InChI=1S/C29H44N6O6Si/c1-29(2,3)41-28(37)34-12-9-10-20(18-34)32-24-21-11-13-35(19-39-14-15-42(6,7)8)25(21)30-16-22(24)26-31-17-23(40-26)27(36)33(4)38-5/h11,13,16-17,20H,9-10,12,14-15,18-19H2,1-8H3,(H,30,32)/t20-/m1/s1. The predicted molar refractivity (Wildman–Crippen MR) is 163 cm³/mol. The maximum absolute atomic E-state index is 12.8. The molecule has 1 N–H and O–H groups in total. The van der Waals surface area contributed by atoms with Crippen LogP contribution in [-0.4, -0.2) is 90.1 Å². The van der Waals surface area contributed by atoms with Gasteiger partial charge in [-0.15, -0.1) is 0 Å². The lowest BCUT2D eigenvalue weighted by molar-refractivity contribution is -0.0773. The molecule has 0 bridgehead atoms. The van der Waals surface area contributed by atoms with E-state index in [4.69, 9.17) is 23.7 Å². The number of ether oxygens (including phenoxy) is 2. The van der Waals surface area contributed by atoms with Crippen LogP contribution in [-0.2, 0) is 21.0 Å². The lowest BCUT2D eigenvalue weighted by Crippen LogP contribution is -2.47. The first-order valence-electron chi connectivity index (χ1n) is 14.3. The summed E-state index contributed by atoms with van der Waals surface area (Å²) < 4.78 is 19.5. The zero-order valence-corrected chi connectivity index (χ0v) is 27.0. The molecule has 230 valence electrons. The fourth-order valence-corrected chi connectivity index (χ4v) is 5.39. The smallest absolute Gasteiger partial charge is 0.410 e. The van der Waals surface area contributed by atoms with Gasteiger partial charge < -0.3 is 28.7 Å². The fraction of sp³-hybridized carbons (Fsp3) is 0.586. The SMILES string of the molecule is CON(C)C(=O)c1cnc(-c2cnc3c(ccn3COCC[Si](C)(C)C)c2N[C@@H]2CCCN(C(=O)OC(C)(C)C)C2)o1. The molecule has 0 unspecified atom stereocenters. The molecule has 0 radical (unpaired) electrons. The number of fused-ring (bicyclic) bond motifs is 1. The Morgan fingerprint density at radius 2 is 1.98 bits per heavy atom. The Labute approximate surface area is 248 Å². The molecule has 1 aliphatic heterocycles. The van der Waals surface area contributed by atoms with Gasteiger partial charge in [0.05, 0.1) is 24.6 Å². The van der Waals surface area contributed by atoms with E-state index < -0.39 is 19.6 Å². The van der Waals surface area contributed by atoms with Crippen LogP contribution in [0, 0.1) is 0 Å². The molecule has 1 saturated heterocycles. The summed E-state index contributed by atoms with van der Waals surface area (Å²) in [6, 6.07) is 3.01. The minimum Gasteiger partial charge on any atom is -0.444 e. The molecule has 0 aliphatic carbocycles. The van der Waals surface area contributed by atoms with Gasteiger partial charge in [-0.2, -0.15) is 0 Å². The first-order valence-corrected chi connectivity index (χ1v) is 18.0. The largest absolute Gasteiger partial charge is 0.444 e. The van der Waals surface area contributed by atoms with Crippen molar-refractivity contribution in [2.75, 3.05) is 39.2 Å². The highest BCUT2D eigenvalue weighted by Crippen LogP contribution is 2.35. The second-order valence-electron chi connectivity index (χ2n) is 12.8. The number of oxazole rings is 1. The summed E-state index contributed by atoms with van der Waals surface area (Å²) in [4.78, 5) is 41.3. The van der Waals surface area contributed by atoms with Crippen molar-refractivity contribution >= 4 is 36.8 Å². The van der Waals surface area contributed by atoms with Crippen LogP contribution in [0.15, 0.2) is 29.1 Å². The maximum atomic E-state index is 12.8. The zero-order valence-electron chi connectivity index (χ0n) is 26.0. The van der Waals surface area contributed by atoms with E-state index in [1.54, 1.807) is 11.1 Å². The molecule has 0 spiro atoms. The average Bonchev–Trinajstić information content (AvgIpc) is 3.57. The second-order valence-corrected chi connectivity index (χ2v) is 18.5. The number of rotatable bonds is 10. The van der Waals surface area contributed by atoms with Crippen LogP contribution in [0.5, 0.6) is 0 Å². The van der Waals surface area contributed by atoms with Crippen molar-refractivity contribution in [3.05, 3.63) is 30.4 Å². The van der Waals surface area contributed by atoms with Crippen molar-refractivity contribution in [3.63, 3.8) is 0 Å². The van der Waals surface area contributed by atoms with Crippen molar-refractivity contribution in [2.24, 2.45) is 0 Å². The second kappa shape index (κ2) is 12.8. The number of nitrogens with one attached hydrogen (secondary N) is 1. The summed E-state index contributed by atoms with van der Waals surface area (Å²) in [5.41, 5.74) is 1.54. The Morgan fingerprint density at radius 3 is 2.67 bits per heavy atom. The summed E-state index contributed by atoms with van der Waals surface area (Å²) in [5, 5.41) is 5.58. The van der Waals surface area contributed by atoms with Crippen LogP contribution in [0.25, 0.3) is 22.5 Å². The van der Waals surface area contributed by atoms with E-state index in [9.17, 15) is 9.59 Å². The number of hydroxylamine groups is 2. The quantitative estimate of drug-likeness (QED) is 0.184. The molecule has 1 aliphatic rings. The van der Waals surface area contributed by atoms with E-state index in [2.05, 4.69) is 29.9 Å². The van der Waals surface area contributed by atoms with Crippen molar-refractivity contribution in [1.29, 1.82) is 0 Å². The fourth-order valence-electron chi connectivity index (χ4n) is 4.63. The highest BCUT2D eigenvalue weighted by Gasteiger charge is 2.29. The van der Waals surface area contributed by atoms with E-state index >= 15 is 0 Å². The van der Waals surface area contributed by atoms with Crippen molar-refractivity contribution in [2.45, 2.75) is 77.7 Å². The Bertz CT molecular complexity index is 1390. The first kappa shape index (κ1) is 31.5. The summed E-state index contributed by atoms with van der Waals surface area (Å²) in [7, 11) is 1.70. The van der Waals surface area contributed by atoms with Gasteiger partial charge in [0.15, 0.2) is 0 Å². The molecular weight excluding hydrogens is 556 g/mol. The number of pyridine rings is 1. The third kappa shape index (κ3) is 7.89. The number of likely N-dealkylation sites (tertiary alicyclic amines) is 1. The summed E-state index contributed by atoms with van der Waals surface area (Å²) in [6.07, 6.45) is 6.38. The molecule has 42 heavy (non-hydrogen) atoms. The molecule has 4 rings (SSSR count). The molecule has 1 fully saturated rings. The van der Waals surface area contributed by atoms with Crippen LogP contribution in [0.4, 0.5) is 10.5 Å². The summed E-state index contributed by atoms with van der Waals surface area (Å²) in [6.45, 7) is 14.8. The number of aromatic nitrogens is 3. The highest BCUT2D eigenvalue weighted by molar-refractivity contribution is 6.76. The highest BCUT2D eigenvalue weighted by atomic mass is 28.3. The Hall–Kier alpha value is -3.42. The van der Waals surface area contributed by atoms with Crippen LogP contribution in [0.2, 0.25) is 25.7 Å². The van der Waals surface area contributed by atoms with Gasteiger partial charge in [-0.05, 0) is 45.7 Å². The molecular formula is C29H44N6O6Si. The predicted octanol–water partition coefficient (Wildman–Crippen LogP) is 5.45. The van der Waals surface area contributed by atoms with Gasteiger partial charge in [0.1, 0.15) is 18.0 Å². The normalized spacial score (nSPS) is 16.1. The topological polar surface area (TPSA) is 124 Å². The molecule has 12 nitrogen and oxygen atoms in total. The molecule has 13 heteroatoms. The van der Waals surface area contributed by atoms with Crippen molar-refractivity contribution in [1.82, 2.24) is 24.5 Å². The maximum Gasteiger partial charge on any atom is 0.410 e. The Kier molecular flexibility index (Phi) is 9.63. The number of hydrogen-bond acceptors (Lipinski definition) is 9. The molecule has 0 aromatic carbocycles. The molecule has 3 aromatic rings. The number of anilines is 1. The Balaban J connectivity index is 1.64. The van der Waals surface area contributed by atoms with E-state index in [1.807, 2.05) is 37.6 Å². The number of carbonyl (C=O) groups excluding carboxylic acids is 2. The van der Waals surface area contributed by atoms with E-state index in [1.165, 1.54) is 20.4 Å². The van der Waals surface area contributed by atoms with E-state index in [0.29, 0.717) is 32.0 Å². The summed E-state index contributed by atoms with van der Waals surface area (Å²) >= 11 is 0. The van der Waals surface area contributed by atoms with Gasteiger partial charge >= 0.3 is 12.0 Å². The molecule has 1 atom stereocenters. The monoisotopic (exact) mass is 600 g/mol. The van der Waals surface area contributed by atoms with Gasteiger partial charge in [-0.1, -0.05) is 19.6 Å². The third-order valence-corrected chi connectivity index (χ3v) is 8.65. The van der Waals surface area contributed by atoms with Gasteiger partial charge in [0, 0.05) is 58.6 Å². The number of carbonyl (C=O) groups is 2. The van der Waals surface area contributed by atoms with Gasteiger partial charge in [-0.3, -0.25) is 9.63 Å². The van der Waals surface area contributed by atoms with E-state index in [0.717, 1.165) is 40.7 Å². The number of amides is 2. The number of nitrogens with zero attached hydrogens (tertiary/aromatic N) is 5. The van der Waals surface area contributed by atoms with Gasteiger partial charge in [-0.25, -0.2) is 19.8 Å². The third-order valence-electron chi connectivity index (χ3n) is 6.94. The van der Waals surface area contributed by atoms with Crippen molar-refractivity contribution in [3.8, 4) is 11.5 Å². The van der Waals surface area contributed by atoms with Crippen LogP contribution in [0.3, 0.4) is 0 Å². The lowest BCUT2D eigenvalue weighted by atomic mass is 10.0. The van der Waals surface area contributed by atoms with Gasteiger partial charge in [0.25, 0.3) is 0 Å². The Morgan fingerprint density at radius 1 is 1.21 bits per heavy atom. The summed E-state index contributed by atoms with van der Waals surface area (Å²) in [5.74, 6) is -0.164. The van der Waals surface area contributed by atoms with Crippen molar-refractivity contribution < 1.29 is 28.3 Å². The molecule has 2 amide bonds. The number of hydrogen-bond donors (Lipinski definition) is 1. The molecule has 0 saturated carbocycles.